The number of likely N-dealkylation sites (tertiary alicyclic amines) is 1. The highest BCUT2D eigenvalue weighted by atomic mass is 16.6. The fraction of sp³-hybridized carbons (Fsp3) is 0.459. The lowest BCUT2D eigenvalue weighted by Gasteiger charge is -2.34. The zero-order valence-electron chi connectivity index (χ0n) is 28.3. The molecule has 10 nitrogen and oxygen atoms in total. The summed E-state index contributed by atoms with van der Waals surface area (Å²) in [6.45, 7) is 10.4. The van der Waals surface area contributed by atoms with E-state index in [0.717, 1.165) is 53.6 Å². The molecule has 0 aliphatic carbocycles. The van der Waals surface area contributed by atoms with Crippen LogP contribution >= 0.6 is 0 Å². The number of nitrogens with zero attached hydrogens (tertiary/aromatic N) is 4. The first-order valence-electron chi connectivity index (χ1n) is 16.5. The van der Waals surface area contributed by atoms with Crippen molar-refractivity contribution in [1.82, 2.24) is 24.8 Å². The molecule has 0 spiro atoms. The third-order valence-corrected chi connectivity index (χ3v) is 8.68. The molecule has 4 aromatic rings. The first-order chi connectivity index (χ1) is 22.5. The summed E-state index contributed by atoms with van der Waals surface area (Å²) in [6, 6.07) is 15.7. The highest BCUT2D eigenvalue weighted by molar-refractivity contribution is 5.83. The summed E-state index contributed by atoms with van der Waals surface area (Å²) in [6.07, 6.45) is 6.58. The Balaban J connectivity index is 1.32. The van der Waals surface area contributed by atoms with Gasteiger partial charge >= 0.3 is 6.09 Å². The summed E-state index contributed by atoms with van der Waals surface area (Å²) in [5, 5.41) is 4.15. The van der Waals surface area contributed by atoms with Crippen LogP contribution in [0.2, 0.25) is 0 Å². The maximum atomic E-state index is 13.9. The monoisotopic (exact) mass is 640 g/mol. The largest absolute Gasteiger partial charge is 0.444 e. The van der Waals surface area contributed by atoms with Crippen molar-refractivity contribution >= 4 is 28.7 Å². The number of methoxy groups -OCH3 is 1. The molecule has 250 valence electrons. The molecule has 3 aromatic heterocycles. The van der Waals surface area contributed by atoms with Crippen LogP contribution < -0.4 is 11.1 Å². The Kier molecular flexibility index (Phi) is 10.8. The van der Waals surface area contributed by atoms with Gasteiger partial charge in [0.05, 0.1) is 5.52 Å². The highest BCUT2D eigenvalue weighted by Crippen LogP contribution is 2.33. The average molecular weight is 641 g/mol. The van der Waals surface area contributed by atoms with Gasteiger partial charge in [0.1, 0.15) is 11.4 Å². The van der Waals surface area contributed by atoms with E-state index in [0.29, 0.717) is 31.9 Å². The van der Waals surface area contributed by atoms with E-state index < -0.39 is 17.7 Å². The Hall–Kier alpha value is -4.44. The second-order valence-electron chi connectivity index (χ2n) is 13.5. The van der Waals surface area contributed by atoms with Crippen LogP contribution in [0.4, 0.5) is 10.6 Å². The van der Waals surface area contributed by atoms with Gasteiger partial charge in [0, 0.05) is 86.5 Å². The van der Waals surface area contributed by atoms with Gasteiger partial charge in [-0.05, 0) is 88.8 Å². The van der Waals surface area contributed by atoms with Crippen molar-refractivity contribution in [3.05, 3.63) is 77.9 Å². The molecular weight excluding hydrogens is 592 g/mol. The Morgan fingerprint density at radius 2 is 1.85 bits per heavy atom. The van der Waals surface area contributed by atoms with Gasteiger partial charge in [-0.15, -0.1) is 0 Å². The van der Waals surface area contributed by atoms with Crippen molar-refractivity contribution in [3.63, 3.8) is 0 Å². The standard InChI is InChI=1S/C37H48N6O4/c1-25-31-22-33(43(18-7-19-46-5)32(31)15-16-39-25)29-8-6-17-42(24-29)35(44)21-30(41-36(45)47-37(2,3)4)20-26-9-11-27(12-10-26)28-13-14-34(38)40-23-28/h9-16,22-23,29-30H,6-8,17-21,24H2,1-5H3,(H2,38,40)(H,41,45). The van der Waals surface area contributed by atoms with Crippen LogP contribution in [0.25, 0.3) is 22.0 Å². The maximum Gasteiger partial charge on any atom is 0.407 e. The molecule has 0 radical (unpaired) electrons. The third-order valence-electron chi connectivity index (χ3n) is 8.68. The number of alkyl carbamates (subject to hydrolysis) is 1. The number of amides is 2. The smallest absolute Gasteiger partial charge is 0.407 e. The van der Waals surface area contributed by atoms with E-state index in [9.17, 15) is 9.59 Å². The zero-order valence-corrected chi connectivity index (χ0v) is 28.3. The lowest BCUT2D eigenvalue weighted by Crippen LogP contribution is -2.46. The molecule has 5 rings (SSSR count). The molecule has 2 unspecified atom stereocenters. The fourth-order valence-corrected chi connectivity index (χ4v) is 6.43. The van der Waals surface area contributed by atoms with E-state index in [-0.39, 0.29) is 18.2 Å². The van der Waals surface area contributed by atoms with Gasteiger partial charge in [-0.25, -0.2) is 9.78 Å². The first-order valence-corrected chi connectivity index (χ1v) is 16.5. The van der Waals surface area contributed by atoms with Gasteiger partial charge < -0.3 is 30.0 Å². The number of rotatable bonds is 11. The third kappa shape index (κ3) is 8.88. The molecule has 1 aliphatic rings. The van der Waals surface area contributed by atoms with E-state index in [1.165, 1.54) is 11.2 Å². The number of carbonyl (C=O) groups excluding carboxylic acids is 2. The number of hydrogen-bond donors (Lipinski definition) is 2. The lowest BCUT2D eigenvalue weighted by molar-refractivity contribution is -0.132. The number of fused-ring (bicyclic) bond motifs is 1. The predicted molar refractivity (Wildman–Crippen MR) is 185 cm³/mol. The number of nitrogens with two attached hydrogens (primary N) is 1. The van der Waals surface area contributed by atoms with Crippen molar-refractivity contribution < 1.29 is 19.1 Å². The summed E-state index contributed by atoms with van der Waals surface area (Å²) in [4.78, 5) is 37.5. The van der Waals surface area contributed by atoms with Gasteiger partial charge in [-0.1, -0.05) is 24.3 Å². The van der Waals surface area contributed by atoms with Crippen LogP contribution in [0.3, 0.4) is 0 Å². The van der Waals surface area contributed by atoms with Gasteiger partial charge in [0.25, 0.3) is 0 Å². The number of piperidine rings is 1. The molecule has 2 amide bonds. The Morgan fingerprint density at radius 1 is 1.09 bits per heavy atom. The van der Waals surface area contributed by atoms with Crippen LogP contribution in [0.1, 0.15) is 69.3 Å². The SMILES string of the molecule is COCCCn1c(C2CCCN(C(=O)CC(Cc3ccc(-c4ccc(N)nc4)cc3)NC(=O)OC(C)(C)C)C2)cc2c(C)nccc21. The van der Waals surface area contributed by atoms with E-state index in [2.05, 4.69) is 32.0 Å². The van der Waals surface area contributed by atoms with Crippen LogP contribution in [0.5, 0.6) is 0 Å². The molecule has 4 heterocycles. The minimum atomic E-state index is -0.650. The molecule has 1 fully saturated rings. The molecule has 10 heteroatoms. The van der Waals surface area contributed by atoms with Crippen LogP contribution in [-0.4, -0.2) is 69.9 Å². The minimum Gasteiger partial charge on any atom is -0.444 e. The van der Waals surface area contributed by atoms with Crippen molar-refractivity contribution in [1.29, 1.82) is 0 Å². The second kappa shape index (κ2) is 15.0. The molecule has 0 bridgehead atoms. The summed E-state index contributed by atoms with van der Waals surface area (Å²) >= 11 is 0. The molecule has 47 heavy (non-hydrogen) atoms. The molecule has 1 aliphatic heterocycles. The number of nitrogen functional groups attached to an aromatic ring is 1. The Bertz CT molecular complexity index is 1660. The molecule has 0 saturated carbocycles. The number of anilines is 1. The van der Waals surface area contributed by atoms with E-state index in [1.54, 1.807) is 19.4 Å². The Morgan fingerprint density at radius 3 is 2.55 bits per heavy atom. The van der Waals surface area contributed by atoms with Crippen LogP contribution in [-0.2, 0) is 27.2 Å². The number of nitrogens with one attached hydrogen (secondary N) is 1. The minimum absolute atomic E-state index is 0.0280. The van der Waals surface area contributed by atoms with Gasteiger partial charge in [0.2, 0.25) is 5.91 Å². The molecular formula is C37H48N6O4. The van der Waals surface area contributed by atoms with Gasteiger partial charge in [-0.2, -0.15) is 0 Å². The number of pyridine rings is 2. The summed E-state index contributed by atoms with van der Waals surface area (Å²) in [7, 11) is 1.73. The lowest BCUT2D eigenvalue weighted by atomic mass is 9.93. The molecule has 1 aromatic carbocycles. The topological polar surface area (TPSA) is 125 Å². The average Bonchev–Trinajstić information content (AvgIpc) is 3.41. The quantitative estimate of drug-likeness (QED) is 0.186. The zero-order chi connectivity index (χ0) is 33.6. The fourth-order valence-electron chi connectivity index (χ4n) is 6.43. The van der Waals surface area contributed by atoms with Gasteiger partial charge in [0.15, 0.2) is 0 Å². The van der Waals surface area contributed by atoms with Gasteiger partial charge in [-0.3, -0.25) is 9.78 Å². The van der Waals surface area contributed by atoms with Crippen molar-refractivity contribution in [2.75, 3.05) is 32.5 Å². The summed E-state index contributed by atoms with van der Waals surface area (Å²) in [5.41, 5.74) is 11.5. The first kappa shape index (κ1) is 33.9. The summed E-state index contributed by atoms with van der Waals surface area (Å²) < 4.78 is 13.3. The molecule has 3 N–H and O–H groups in total. The number of carbonyl (C=O) groups is 2. The number of benzene rings is 1. The predicted octanol–water partition coefficient (Wildman–Crippen LogP) is 6.26. The number of ether oxygens (including phenoxy) is 2. The van der Waals surface area contributed by atoms with Crippen molar-refractivity contribution in [2.24, 2.45) is 0 Å². The van der Waals surface area contributed by atoms with E-state index in [4.69, 9.17) is 15.2 Å². The second-order valence-corrected chi connectivity index (χ2v) is 13.5. The number of hydrogen-bond acceptors (Lipinski definition) is 7. The normalized spacial score (nSPS) is 15.9. The molecule has 1 saturated heterocycles. The van der Waals surface area contributed by atoms with Crippen LogP contribution in [0, 0.1) is 6.92 Å². The molecule has 2 atom stereocenters. The maximum absolute atomic E-state index is 13.9. The number of aryl methyl sites for hydroxylation is 2. The number of aromatic nitrogens is 3. The highest BCUT2D eigenvalue weighted by Gasteiger charge is 2.30. The Labute approximate surface area is 277 Å². The van der Waals surface area contributed by atoms with Crippen molar-refractivity contribution in [2.45, 2.75) is 83.9 Å². The van der Waals surface area contributed by atoms with E-state index in [1.807, 2.05) is 69.1 Å². The summed E-state index contributed by atoms with van der Waals surface area (Å²) in [5.74, 6) is 0.706. The van der Waals surface area contributed by atoms with E-state index >= 15 is 0 Å². The van der Waals surface area contributed by atoms with Crippen molar-refractivity contribution in [3.8, 4) is 11.1 Å². The van der Waals surface area contributed by atoms with Crippen LogP contribution in [0.15, 0.2) is 60.9 Å².